The molecule has 274 valence electrons. The van der Waals surface area contributed by atoms with Crippen molar-refractivity contribution in [2.45, 2.75) is 129 Å². The molecule has 0 spiro atoms. The van der Waals surface area contributed by atoms with Crippen molar-refractivity contribution in [3.05, 3.63) is 108 Å². The summed E-state index contributed by atoms with van der Waals surface area (Å²) in [5, 5.41) is 0. The Morgan fingerprint density at radius 1 is 0.480 bits per heavy atom. The Balaban J connectivity index is 1.28. The van der Waals surface area contributed by atoms with Crippen LogP contribution in [0.15, 0.2) is 86.0 Å². The maximum absolute atomic E-state index is 6.00. The molecule has 0 amide bonds. The predicted octanol–water partition coefficient (Wildman–Crippen LogP) is 11.9. The van der Waals surface area contributed by atoms with Crippen LogP contribution in [0.4, 0.5) is 0 Å². The van der Waals surface area contributed by atoms with E-state index in [1.165, 1.54) is 77.0 Å². The van der Waals surface area contributed by atoms with Crippen molar-refractivity contribution in [1.82, 2.24) is 4.98 Å². The van der Waals surface area contributed by atoms with Gasteiger partial charge in [-0.25, -0.2) is 0 Å². The summed E-state index contributed by atoms with van der Waals surface area (Å²) < 4.78 is 29.4. The number of rotatable bonds is 31. The zero-order valence-electron chi connectivity index (χ0n) is 30.9. The lowest BCUT2D eigenvalue weighted by molar-refractivity contribution is 0.0977. The topological polar surface area (TPSA) is 59.0 Å². The van der Waals surface area contributed by atoms with Crippen molar-refractivity contribution < 1.29 is 23.7 Å². The summed E-state index contributed by atoms with van der Waals surface area (Å²) in [5.41, 5.74) is 3.81. The molecule has 0 aliphatic carbocycles. The number of unbranched alkanes of at least 4 members (excludes halogenated alkanes) is 14. The van der Waals surface area contributed by atoms with Gasteiger partial charge in [-0.15, -0.1) is 13.2 Å². The number of pyridine rings is 1. The summed E-state index contributed by atoms with van der Waals surface area (Å²) in [7, 11) is 1.66. The van der Waals surface area contributed by atoms with Crippen LogP contribution >= 0.6 is 0 Å². The minimum Gasteiger partial charge on any atom is -0.497 e. The molecule has 0 N–H and O–H groups in total. The van der Waals surface area contributed by atoms with Crippen molar-refractivity contribution in [3.8, 4) is 17.2 Å². The SMILES string of the molecule is C=CCCCCCCCCCOc1ccc(COCc2cc(OC)cc(COCc3ccc(OCCCCCCCCCC=C)cc3)n2)cc1. The molecule has 0 aliphatic rings. The van der Waals surface area contributed by atoms with Gasteiger partial charge in [0.25, 0.3) is 0 Å². The van der Waals surface area contributed by atoms with Crippen LogP contribution in [0.5, 0.6) is 17.2 Å². The molecule has 0 unspecified atom stereocenters. The molecule has 0 aliphatic heterocycles. The fourth-order valence-corrected chi connectivity index (χ4v) is 5.72. The summed E-state index contributed by atoms with van der Waals surface area (Å²) in [4.78, 5) is 4.75. The molecule has 50 heavy (non-hydrogen) atoms. The van der Waals surface area contributed by atoms with Gasteiger partial charge >= 0.3 is 0 Å². The molecule has 1 aromatic heterocycles. The van der Waals surface area contributed by atoms with Gasteiger partial charge < -0.3 is 23.7 Å². The van der Waals surface area contributed by atoms with Gasteiger partial charge in [0.05, 0.1) is 58.1 Å². The fraction of sp³-hybridized carbons (Fsp3) is 0.523. The minimum absolute atomic E-state index is 0.383. The lowest BCUT2D eigenvalue weighted by atomic mass is 10.1. The number of hydrogen-bond donors (Lipinski definition) is 0. The molecule has 0 atom stereocenters. The zero-order valence-corrected chi connectivity index (χ0v) is 30.9. The van der Waals surface area contributed by atoms with Gasteiger partial charge in [-0.1, -0.05) is 101 Å². The van der Waals surface area contributed by atoms with Crippen LogP contribution in [0.25, 0.3) is 0 Å². The third-order valence-corrected chi connectivity index (χ3v) is 8.67. The molecule has 0 radical (unpaired) electrons. The van der Waals surface area contributed by atoms with Crippen molar-refractivity contribution in [1.29, 1.82) is 0 Å². The van der Waals surface area contributed by atoms with E-state index in [9.17, 15) is 0 Å². The maximum Gasteiger partial charge on any atom is 0.122 e. The minimum atomic E-state index is 0.383. The van der Waals surface area contributed by atoms with E-state index in [-0.39, 0.29) is 0 Å². The highest BCUT2D eigenvalue weighted by molar-refractivity contribution is 5.29. The predicted molar refractivity (Wildman–Crippen MR) is 206 cm³/mol. The Labute approximate surface area is 303 Å². The summed E-state index contributed by atoms with van der Waals surface area (Å²) in [6.07, 6.45) is 24.0. The van der Waals surface area contributed by atoms with Crippen LogP contribution in [0.2, 0.25) is 0 Å². The van der Waals surface area contributed by atoms with Crippen LogP contribution in [0, 0.1) is 0 Å². The molecular formula is C44H63NO5. The van der Waals surface area contributed by atoms with Crippen LogP contribution in [0.3, 0.4) is 0 Å². The summed E-state index contributed by atoms with van der Waals surface area (Å²) in [6.45, 7) is 10.9. The zero-order chi connectivity index (χ0) is 35.3. The van der Waals surface area contributed by atoms with Crippen molar-refractivity contribution >= 4 is 0 Å². The molecule has 3 aromatic rings. The van der Waals surface area contributed by atoms with Gasteiger partial charge in [-0.2, -0.15) is 0 Å². The molecule has 0 fully saturated rings. The number of allylic oxidation sites excluding steroid dienone is 2. The molecule has 6 heteroatoms. The van der Waals surface area contributed by atoms with E-state index in [2.05, 4.69) is 37.4 Å². The number of benzene rings is 2. The summed E-state index contributed by atoms with van der Waals surface area (Å²) in [5.74, 6) is 2.56. The molecule has 0 saturated heterocycles. The first-order valence-corrected chi connectivity index (χ1v) is 19.0. The molecule has 6 nitrogen and oxygen atoms in total. The van der Waals surface area contributed by atoms with Crippen LogP contribution in [-0.2, 0) is 35.9 Å². The summed E-state index contributed by atoms with van der Waals surface area (Å²) >= 11 is 0. The highest BCUT2D eigenvalue weighted by Gasteiger charge is 2.06. The van der Waals surface area contributed by atoms with Crippen molar-refractivity contribution in [3.63, 3.8) is 0 Å². The van der Waals surface area contributed by atoms with E-state index in [1.54, 1.807) is 7.11 Å². The van der Waals surface area contributed by atoms with Gasteiger partial charge in [0.1, 0.15) is 17.2 Å². The lowest BCUT2D eigenvalue weighted by Gasteiger charge is -2.11. The first-order chi connectivity index (χ1) is 24.7. The van der Waals surface area contributed by atoms with Crippen molar-refractivity contribution in [2.75, 3.05) is 20.3 Å². The number of aromatic nitrogens is 1. The quantitative estimate of drug-likeness (QED) is 0.0496. The van der Waals surface area contributed by atoms with Crippen LogP contribution < -0.4 is 14.2 Å². The molecule has 3 rings (SSSR count). The number of nitrogens with zero attached hydrogens (tertiary/aromatic N) is 1. The third-order valence-electron chi connectivity index (χ3n) is 8.67. The lowest BCUT2D eigenvalue weighted by Crippen LogP contribution is -2.03. The maximum atomic E-state index is 6.00. The van der Waals surface area contributed by atoms with Crippen molar-refractivity contribution in [2.24, 2.45) is 0 Å². The molecule has 1 heterocycles. The Morgan fingerprint density at radius 2 is 0.860 bits per heavy atom. The molecular weight excluding hydrogens is 622 g/mol. The van der Waals surface area contributed by atoms with E-state index in [0.29, 0.717) is 26.4 Å². The second-order valence-corrected chi connectivity index (χ2v) is 13.1. The highest BCUT2D eigenvalue weighted by Crippen LogP contribution is 2.19. The van der Waals surface area contributed by atoms with E-state index < -0.39 is 0 Å². The van der Waals surface area contributed by atoms with Crippen LogP contribution in [-0.4, -0.2) is 25.3 Å². The van der Waals surface area contributed by atoms with E-state index in [0.717, 1.165) is 78.7 Å². The average Bonchev–Trinajstić information content (AvgIpc) is 3.14. The van der Waals surface area contributed by atoms with Gasteiger partial charge in [0, 0.05) is 12.1 Å². The largest absolute Gasteiger partial charge is 0.497 e. The highest BCUT2D eigenvalue weighted by atomic mass is 16.5. The van der Waals surface area contributed by atoms with E-state index in [4.69, 9.17) is 28.7 Å². The fourth-order valence-electron chi connectivity index (χ4n) is 5.72. The molecule has 0 saturated carbocycles. The number of methoxy groups -OCH3 is 1. The Morgan fingerprint density at radius 3 is 1.24 bits per heavy atom. The number of hydrogen-bond acceptors (Lipinski definition) is 6. The first-order valence-electron chi connectivity index (χ1n) is 19.0. The molecule has 2 aromatic carbocycles. The molecule has 0 bridgehead atoms. The summed E-state index contributed by atoms with van der Waals surface area (Å²) in [6, 6.07) is 20.2. The Kier molecular flexibility index (Phi) is 22.2. The van der Waals surface area contributed by atoms with E-state index in [1.807, 2.05) is 48.6 Å². The monoisotopic (exact) mass is 685 g/mol. The average molecular weight is 686 g/mol. The van der Waals surface area contributed by atoms with E-state index >= 15 is 0 Å². The first kappa shape index (κ1) is 40.8. The van der Waals surface area contributed by atoms with Gasteiger partial charge in [0.2, 0.25) is 0 Å². The Hall–Kier alpha value is -3.61. The van der Waals surface area contributed by atoms with Gasteiger partial charge in [-0.3, -0.25) is 4.98 Å². The Bertz CT molecular complexity index is 1200. The van der Waals surface area contributed by atoms with Crippen LogP contribution in [0.1, 0.15) is 125 Å². The standard InChI is InChI=1S/C44H63NO5/c1-4-6-8-10-12-14-16-18-20-30-49-42-26-22-38(23-27-42)34-47-36-40-32-44(46-3)33-41(45-40)37-48-35-39-24-28-43(29-25-39)50-31-21-19-17-15-13-11-9-7-5-2/h4-5,22-29,32-33H,1-2,6-21,30-31,34-37H2,3H3. The second-order valence-electron chi connectivity index (χ2n) is 13.1. The normalized spacial score (nSPS) is 11.0. The van der Waals surface area contributed by atoms with Gasteiger partial charge in [0.15, 0.2) is 0 Å². The number of ether oxygens (including phenoxy) is 5. The second kappa shape index (κ2) is 27.2. The smallest absolute Gasteiger partial charge is 0.122 e. The third kappa shape index (κ3) is 19.0. The van der Waals surface area contributed by atoms with Gasteiger partial charge in [-0.05, 0) is 73.9 Å².